The number of rotatable bonds is 9. The van der Waals surface area contributed by atoms with E-state index >= 15 is 0 Å². The van der Waals surface area contributed by atoms with Gasteiger partial charge in [0.2, 0.25) is 11.0 Å². The van der Waals surface area contributed by atoms with Crippen LogP contribution in [-0.4, -0.2) is 40.1 Å². The first kappa shape index (κ1) is 22.7. The largest absolute Gasteiger partial charge is 0.497 e. The zero-order chi connectivity index (χ0) is 22.4. The molecule has 162 valence electrons. The Morgan fingerprint density at radius 1 is 1.29 bits per heavy atom. The summed E-state index contributed by atoms with van der Waals surface area (Å²) in [5.74, 6) is 1.15. The highest BCUT2D eigenvalue weighted by Gasteiger charge is 2.21. The van der Waals surface area contributed by atoms with Gasteiger partial charge in [-0.15, -0.1) is 10.2 Å². The van der Waals surface area contributed by atoms with Gasteiger partial charge in [0.25, 0.3) is 0 Å². The van der Waals surface area contributed by atoms with E-state index < -0.39 is 0 Å². The fraction of sp³-hybridized carbons (Fsp3) is 0.333. The molecular weight excluding hydrogens is 432 g/mol. The SMILES string of the molecule is CCCNc1nnc(SCC(=O)Nc2c(C#N)c(C)c(C)n2-c2ccc(OC)cc2)s1. The maximum atomic E-state index is 12.7. The van der Waals surface area contributed by atoms with Crippen LogP contribution < -0.4 is 15.4 Å². The van der Waals surface area contributed by atoms with Crippen LogP contribution in [0.1, 0.15) is 30.2 Å². The highest BCUT2D eigenvalue weighted by molar-refractivity contribution is 8.01. The van der Waals surface area contributed by atoms with Gasteiger partial charge in [0.1, 0.15) is 17.6 Å². The number of aromatic nitrogens is 3. The van der Waals surface area contributed by atoms with Crippen molar-refractivity contribution in [3.63, 3.8) is 0 Å². The van der Waals surface area contributed by atoms with E-state index in [9.17, 15) is 10.1 Å². The average Bonchev–Trinajstić information content (AvgIpc) is 3.33. The second-order valence-electron chi connectivity index (χ2n) is 6.72. The molecule has 0 atom stereocenters. The van der Waals surface area contributed by atoms with Crippen LogP contribution in [-0.2, 0) is 4.79 Å². The molecule has 0 radical (unpaired) electrons. The lowest BCUT2D eigenvalue weighted by Gasteiger charge is -2.13. The predicted octanol–water partition coefficient (Wildman–Crippen LogP) is 4.38. The van der Waals surface area contributed by atoms with E-state index in [1.54, 1.807) is 7.11 Å². The quantitative estimate of drug-likeness (QED) is 0.460. The Bertz CT molecular complexity index is 1100. The van der Waals surface area contributed by atoms with Crippen LogP contribution in [0.25, 0.3) is 5.69 Å². The highest BCUT2D eigenvalue weighted by atomic mass is 32.2. The molecule has 0 aliphatic heterocycles. The van der Waals surface area contributed by atoms with Crippen molar-refractivity contribution in [2.75, 3.05) is 30.0 Å². The molecule has 0 fully saturated rings. The van der Waals surface area contributed by atoms with E-state index in [1.165, 1.54) is 23.1 Å². The summed E-state index contributed by atoms with van der Waals surface area (Å²) in [4.78, 5) is 12.7. The minimum Gasteiger partial charge on any atom is -0.497 e. The Hall–Kier alpha value is -3.03. The van der Waals surface area contributed by atoms with E-state index in [-0.39, 0.29) is 11.7 Å². The number of carbonyl (C=O) groups excluding carboxylic acids is 1. The normalized spacial score (nSPS) is 10.5. The number of nitriles is 1. The molecule has 0 aliphatic carbocycles. The van der Waals surface area contributed by atoms with Gasteiger partial charge in [0.05, 0.1) is 18.4 Å². The lowest BCUT2D eigenvalue weighted by Crippen LogP contribution is -2.17. The Kier molecular flexibility index (Phi) is 7.55. The summed E-state index contributed by atoms with van der Waals surface area (Å²) in [5.41, 5.74) is 3.01. The van der Waals surface area contributed by atoms with Crippen molar-refractivity contribution in [1.29, 1.82) is 5.26 Å². The molecule has 3 aromatic rings. The third-order valence-corrected chi connectivity index (χ3v) is 6.69. The molecule has 10 heteroatoms. The molecule has 0 saturated carbocycles. The van der Waals surface area contributed by atoms with Crippen molar-refractivity contribution in [3.05, 3.63) is 41.1 Å². The average molecular weight is 457 g/mol. The Labute approximate surface area is 189 Å². The number of nitrogens with zero attached hydrogens (tertiary/aromatic N) is 4. The van der Waals surface area contributed by atoms with E-state index in [1.807, 2.05) is 42.7 Å². The first-order valence-electron chi connectivity index (χ1n) is 9.74. The van der Waals surface area contributed by atoms with Crippen LogP contribution in [0.3, 0.4) is 0 Å². The molecule has 8 nitrogen and oxygen atoms in total. The number of ether oxygens (including phenoxy) is 1. The number of carbonyl (C=O) groups is 1. The van der Waals surface area contributed by atoms with Gasteiger partial charge < -0.3 is 15.4 Å². The van der Waals surface area contributed by atoms with Crippen molar-refractivity contribution in [2.45, 2.75) is 31.5 Å². The second kappa shape index (κ2) is 10.3. The number of hydrogen-bond donors (Lipinski definition) is 2. The molecule has 1 aromatic carbocycles. The summed E-state index contributed by atoms with van der Waals surface area (Å²) >= 11 is 2.74. The monoisotopic (exact) mass is 456 g/mol. The number of benzene rings is 1. The van der Waals surface area contributed by atoms with Gasteiger partial charge in [-0.3, -0.25) is 9.36 Å². The van der Waals surface area contributed by atoms with E-state index in [2.05, 4.69) is 33.8 Å². The lowest BCUT2D eigenvalue weighted by molar-refractivity contribution is -0.113. The molecule has 3 rings (SSSR count). The highest BCUT2D eigenvalue weighted by Crippen LogP contribution is 2.31. The molecular formula is C21H24N6O2S2. The van der Waals surface area contributed by atoms with Gasteiger partial charge in [-0.05, 0) is 50.1 Å². The lowest BCUT2D eigenvalue weighted by atomic mass is 10.2. The van der Waals surface area contributed by atoms with Crippen molar-refractivity contribution in [3.8, 4) is 17.5 Å². The van der Waals surface area contributed by atoms with Gasteiger partial charge in [0, 0.05) is 17.9 Å². The summed E-state index contributed by atoms with van der Waals surface area (Å²) in [5, 5.41) is 24.7. The minimum absolute atomic E-state index is 0.166. The summed E-state index contributed by atoms with van der Waals surface area (Å²) < 4.78 is 7.83. The molecule has 0 bridgehead atoms. The predicted molar refractivity (Wildman–Crippen MR) is 125 cm³/mol. The maximum Gasteiger partial charge on any atom is 0.235 e. The summed E-state index contributed by atoms with van der Waals surface area (Å²) in [6.07, 6.45) is 0.998. The van der Waals surface area contributed by atoms with Crippen molar-refractivity contribution in [1.82, 2.24) is 14.8 Å². The molecule has 0 saturated heterocycles. The van der Waals surface area contributed by atoms with Crippen LogP contribution in [0.4, 0.5) is 10.9 Å². The molecule has 2 N–H and O–H groups in total. The fourth-order valence-corrected chi connectivity index (χ4v) is 4.56. The Morgan fingerprint density at radius 3 is 2.68 bits per heavy atom. The molecule has 1 amide bonds. The van der Waals surface area contributed by atoms with Crippen LogP contribution in [0.2, 0.25) is 0 Å². The second-order valence-corrected chi connectivity index (χ2v) is 8.92. The van der Waals surface area contributed by atoms with Crippen molar-refractivity contribution >= 4 is 40.0 Å². The standard InChI is InChI=1S/C21H24N6O2S2/c1-5-10-23-20-25-26-21(31-20)30-12-18(28)24-19-17(11-22)13(2)14(3)27(19)15-6-8-16(29-4)9-7-15/h6-9H,5,10,12H2,1-4H3,(H,23,25)(H,24,28). The van der Waals surface area contributed by atoms with Gasteiger partial charge in [-0.2, -0.15) is 5.26 Å². The third kappa shape index (κ3) is 5.18. The molecule has 2 aromatic heterocycles. The van der Waals surface area contributed by atoms with Crippen molar-refractivity contribution in [2.24, 2.45) is 0 Å². The zero-order valence-electron chi connectivity index (χ0n) is 17.9. The van der Waals surface area contributed by atoms with Crippen LogP contribution in [0, 0.1) is 25.2 Å². The number of anilines is 2. The number of nitrogens with one attached hydrogen (secondary N) is 2. The smallest absolute Gasteiger partial charge is 0.235 e. The van der Waals surface area contributed by atoms with E-state index in [4.69, 9.17) is 4.74 Å². The molecule has 0 unspecified atom stereocenters. The van der Waals surface area contributed by atoms with Gasteiger partial charge in [0.15, 0.2) is 4.34 Å². The maximum absolute atomic E-state index is 12.7. The van der Waals surface area contributed by atoms with Gasteiger partial charge in [-0.25, -0.2) is 0 Å². The molecule has 0 spiro atoms. The number of amides is 1. The van der Waals surface area contributed by atoms with Gasteiger partial charge in [-0.1, -0.05) is 30.0 Å². The number of hydrogen-bond acceptors (Lipinski definition) is 8. The molecule has 0 aliphatic rings. The van der Waals surface area contributed by atoms with Crippen LogP contribution in [0.15, 0.2) is 28.6 Å². The summed E-state index contributed by atoms with van der Waals surface area (Å²) in [6.45, 7) is 6.72. The Morgan fingerprint density at radius 2 is 2.03 bits per heavy atom. The third-order valence-electron chi connectivity index (χ3n) is 4.67. The minimum atomic E-state index is -0.216. The van der Waals surface area contributed by atoms with Crippen LogP contribution >= 0.6 is 23.1 Å². The van der Waals surface area contributed by atoms with Gasteiger partial charge >= 0.3 is 0 Å². The van der Waals surface area contributed by atoms with Crippen molar-refractivity contribution < 1.29 is 9.53 Å². The fourth-order valence-electron chi connectivity index (χ4n) is 2.98. The molecule has 31 heavy (non-hydrogen) atoms. The number of thioether (sulfide) groups is 1. The zero-order valence-corrected chi connectivity index (χ0v) is 19.5. The Balaban J connectivity index is 1.78. The first-order chi connectivity index (χ1) is 15.0. The van der Waals surface area contributed by atoms with E-state index in [0.29, 0.717) is 15.7 Å². The number of methoxy groups -OCH3 is 1. The first-order valence-corrected chi connectivity index (χ1v) is 11.5. The molecule has 2 heterocycles. The van der Waals surface area contributed by atoms with E-state index in [0.717, 1.165) is 40.8 Å². The topological polar surface area (TPSA) is 105 Å². The summed E-state index contributed by atoms with van der Waals surface area (Å²) in [6, 6.07) is 9.70. The summed E-state index contributed by atoms with van der Waals surface area (Å²) in [7, 11) is 1.61. The van der Waals surface area contributed by atoms with Crippen LogP contribution in [0.5, 0.6) is 5.75 Å².